The van der Waals surface area contributed by atoms with E-state index in [2.05, 4.69) is 4.98 Å². The van der Waals surface area contributed by atoms with E-state index < -0.39 is 0 Å². The van der Waals surface area contributed by atoms with Crippen molar-refractivity contribution < 1.29 is 4.79 Å². The number of benzene rings is 2. The number of hydrogen-bond acceptors (Lipinski definition) is 1. The SMILES string of the molecule is CC(=O)N(c1ccccc1)c1c[nH]c2ccc(Cl)cc12. The number of fused-ring (bicyclic) bond motifs is 1. The Hall–Kier alpha value is -2.26. The van der Waals surface area contributed by atoms with Crippen LogP contribution in [0.1, 0.15) is 6.92 Å². The molecule has 20 heavy (non-hydrogen) atoms. The van der Waals surface area contributed by atoms with Crippen molar-refractivity contribution in [2.45, 2.75) is 6.92 Å². The van der Waals surface area contributed by atoms with Gasteiger partial charge in [0.1, 0.15) is 0 Å². The van der Waals surface area contributed by atoms with Crippen molar-refractivity contribution in [1.29, 1.82) is 0 Å². The Morgan fingerprint density at radius 2 is 1.90 bits per heavy atom. The van der Waals surface area contributed by atoms with Crippen molar-refractivity contribution in [2.75, 3.05) is 4.90 Å². The summed E-state index contributed by atoms with van der Waals surface area (Å²) in [5.41, 5.74) is 2.59. The van der Waals surface area contributed by atoms with Crippen LogP contribution in [0.4, 0.5) is 11.4 Å². The highest BCUT2D eigenvalue weighted by molar-refractivity contribution is 6.31. The number of anilines is 2. The molecule has 0 aliphatic rings. The van der Waals surface area contributed by atoms with E-state index in [9.17, 15) is 4.79 Å². The number of halogens is 1. The molecule has 100 valence electrons. The van der Waals surface area contributed by atoms with Crippen molar-refractivity contribution in [3.63, 3.8) is 0 Å². The molecule has 0 saturated carbocycles. The molecular formula is C16H13ClN2O. The van der Waals surface area contributed by atoms with E-state index in [4.69, 9.17) is 11.6 Å². The summed E-state index contributed by atoms with van der Waals surface area (Å²) in [5, 5.41) is 1.58. The van der Waals surface area contributed by atoms with Crippen molar-refractivity contribution in [1.82, 2.24) is 4.98 Å². The molecule has 0 atom stereocenters. The summed E-state index contributed by atoms with van der Waals surface area (Å²) in [4.78, 5) is 16.9. The zero-order chi connectivity index (χ0) is 14.1. The van der Waals surface area contributed by atoms with Gasteiger partial charge in [-0.05, 0) is 30.3 Å². The van der Waals surface area contributed by atoms with Crippen LogP contribution in [0.15, 0.2) is 54.7 Å². The van der Waals surface area contributed by atoms with Crippen molar-refractivity contribution >= 4 is 39.8 Å². The second-order valence-corrected chi connectivity index (χ2v) is 4.99. The summed E-state index contributed by atoms with van der Waals surface area (Å²) in [6, 6.07) is 15.2. The van der Waals surface area contributed by atoms with Gasteiger partial charge in [-0.3, -0.25) is 9.69 Å². The van der Waals surface area contributed by atoms with Gasteiger partial charge in [-0.25, -0.2) is 0 Å². The van der Waals surface area contributed by atoms with Gasteiger partial charge in [0.2, 0.25) is 5.91 Å². The number of para-hydroxylation sites is 1. The first-order valence-corrected chi connectivity index (χ1v) is 6.67. The number of aromatic nitrogens is 1. The molecule has 1 heterocycles. The van der Waals surface area contributed by atoms with E-state index in [0.717, 1.165) is 22.3 Å². The highest BCUT2D eigenvalue weighted by Crippen LogP contribution is 2.33. The predicted molar refractivity (Wildman–Crippen MR) is 82.6 cm³/mol. The molecule has 3 aromatic rings. The number of hydrogen-bond donors (Lipinski definition) is 1. The van der Waals surface area contributed by atoms with Gasteiger partial charge in [0.25, 0.3) is 0 Å². The highest BCUT2D eigenvalue weighted by atomic mass is 35.5. The quantitative estimate of drug-likeness (QED) is 0.738. The van der Waals surface area contributed by atoms with Crippen molar-refractivity contribution in [2.24, 2.45) is 0 Å². The van der Waals surface area contributed by atoms with Crippen molar-refractivity contribution in [3.8, 4) is 0 Å². The Labute approximate surface area is 121 Å². The smallest absolute Gasteiger partial charge is 0.228 e. The van der Waals surface area contributed by atoms with Crippen LogP contribution in [0.25, 0.3) is 10.9 Å². The molecule has 0 spiro atoms. The lowest BCUT2D eigenvalue weighted by Crippen LogP contribution is -2.22. The first-order chi connectivity index (χ1) is 9.66. The molecule has 0 bridgehead atoms. The standard InChI is InChI=1S/C16H13ClN2O/c1-11(20)19(13-5-3-2-4-6-13)16-10-18-15-8-7-12(17)9-14(15)16/h2-10,18H,1H3. The molecule has 0 unspecified atom stereocenters. The fraction of sp³-hybridized carbons (Fsp3) is 0.0625. The van der Waals surface area contributed by atoms with Crippen LogP contribution in [0.2, 0.25) is 5.02 Å². The Bertz CT molecular complexity index is 765. The van der Waals surface area contributed by atoms with Crippen LogP contribution in [0, 0.1) is 0 Å². The third-order valence-electron chi connectivity index (χ3n) is 3.19. The number of H-pyrrole nitrogens is 1. The van der Waals surface area contributed by atoms with Gasteiger partial charge in [-0.1, -0.05) is 29.8 Å². The molecule has 3 rings (SSSR count). The number of carbonyl (C=O) groups is 1. The molecule has 4 heteroatoms. The van der Waals surface area contributed by atoms with Crippen LogP contribution in [0.5, 0.6) is 0 Å². The van der Waals surface area contributed by atoms with E-state index in [1.165, 1.54) is 0 Å². The lowest BCUT2D eigenvalue weighted by Gasteiger charge is -2.20. The Morgan fingerprint density at radius 1 is 1.15 bits per heavy atom. The van der Waals surface area contributed by atoms with E-state index in [-0.39, 0.29) is 5.91 Å². The zero-order valence-electron chi connectivity index (χ0n) is 10.9. The number of nitrogens with one attached hydrogen (secondary N) is 1. The molecule has 3 nitrogen and oxygen atoms in total. The number of carbonyl (C=O) groups excluding carboxylic acids is 1. The second-order valence-electron chi connectivity index (χ2n) is 4.55. The molecular weight excluding hydrogens is 272 g/mol. The monoisotopic (exact) mass is 284 g/mol. The topological polar surface area (TPSA) is 36.1 Å². The number of amides is 1. The van der Waals surface area contributed by atoms with Gasteiger partial charge in [0, 0.05) is 34.7 Å². The minimum Gasteiger partial charge on any atom is -0.359 e. The minimum absolute atomic E-state index is 0.0444. The Kier molecular flexibility index (Phi) is 3.20. The molecule has 0 aliphatic heterocycles. The van der Waals surface area contributed by atoms with Gasteiger partial charge >= 0.3 is 0 Å². The van der Waals surface area contributed by atoms with E-state index >= 15 is 0 Å². The maximum atomic E-state index is 12.1. The zero-order valence-corrected chi connectivity index (χ0v) is 11.7. The Morgan fingerprint density at radius 3 is 2.60 bits per heavy atom. The molecule has 0 aliphatic carbocycles. The number of rotatable bonds is 2. The third kappa shape index (κ3) is 2.17. The summed E-state index contributed by atoms with van der Waals surface area (Å²) in [6.07, 6.45) is 1.83. The van der Waals surface area contributed by atoms with E-state index in [1.807, 2.05) is 54.7 Å². The largest absolute Gasteiger partial charge is 0.359 e. The first-order valence-electron chi connectivity index (χ1n) is 6.29. The maximum absolute atomic E-state index is 12.1. The average Bonchev–Trinajstić information content (AvgIpc) is 2.83. The number of nitrogens with zero attached hydrogens (tertiary/aromatic N) is 1. The van der Waals surface area contributed by atoms with E-state index in [0.29, 0.717) is 5.02 Å². The molecule has 0 radical (unpaired) electrons. The van der Waals surface area contributed by atoms with E-state index in [1.54, 1.807) is 11.8 Å². The van der Waals surface area contributed by atoms with Crippen molar-refractivity contribution in [3.05, 3.63) is 59.8 Å². The first kappa shape index (κ1) is 12.8. The van der Waals surface area contributed by atoms with Crippen LogP contribution >= 0.6 is 11.6 Å². The summed E-state index contributed by atoms with van der Waals surface area (Å²) < 4.78 is 0. The second kappa shape index (κ2) is 5.02. The molecule has 1 amide bonds. The highest BCUT2D eigenvalue weighted by Gasteiger charge is 2.17. The molecule has 1 N–H and O–H groups in total. The van der Waals surface area contributed by atoms with Crippen LogP contribution in [-0.2, 0) is 4.79 Å². The summed E-state index contributed by atoms with van der Waals surface area (Å²) in [5.74, 6) is -0.0444. The van der Waals surface area contributed by atoms with Gasteiger partial charge in [0.05, 0.1) is 5.69 Å². The maximum Gasteiger partial charge on any atom is 0.228 e. The van der Waals surface area contributed by atoms with Crippen LogP contribution in [-0.4, -0.2) is 10.9 Å². The lowest BCUT2D eigenvalue weighted by molar-refractivity contribution is -0.115. The molecule has 0 fully saturated rings. The van der Waals surface area contributed by atoms with Gasteiger partial charge in [-0.2, -0.15) is 0 Å². The third-order valence-corrected chi connectivity index (χ3v) is 3.43. The van der Waals surface area contributed by atoms with Gasteiger partial charge in [0.15, 0.2) is 0 Å². The van der Waals surface area contributed by atoms with Gasteiger partial charge in [-0.15, -0.1) is 0 Å². The molecule has 0 saturated heterocycles. The summed E-state index contributed by atoms with van der Waals surface area (Å²) in [6.45, 7) is 1.55. The van der Waals surface area contributed by atoms with Crippen LogP contribution in [0.3, 0.4) is 0 Å². The fourth-order valence-electron chi connectivity index (χ4n) is 2.33. The minimum atomic E-state index is -0.0444. The normalized spacial score (nSPS) is 10.7. The molecule has 1 aromatic heterocycles. The number of aromatic amines is 1. The van der Waals surface area contributed by atoms with Crippen LogP contribution < -0.4 is 4.90 Å². The predicted octanol–water partition coefficient (Wildman–Crippen LogP) is 4.51. The summed E-state index contributed by atoms with van der Waals surface area (Å²) >= 11 is 6.06. The average molecular weight is 285 g/mol. The molecule has 2 aromatic carbocycles. The summed E-state index contributed by atoms with van der Waals surface area (Å²) in [7, 11) is 0. The lowest BCUT2D eigenvalue weighted by atomic mass is 10.2. The fourth-order valence-corrected chi connectivity index (χ4v) is 2.50. The van der Waals surface area contributed by atoms with Gasteiger partial charge < -0.3 is 4.98 Å². The Balaban J connectivity index is 2.20.